The lowest BCUT2D eigenvalue weighted by atomic mass is 10.00. The van der Waals surface area contributed by atoms with Gasteiger partial charge < -0.3 is 15.5 Å². The van der Waals surface area contributed by atoms with Gasteiger partial charge in [-0.05, 0) is 13.8 Å². The van der Waals surface area contributed by atoms with Crippen molar-refractivity contribution in [1.82, 2.24) is 15.5 Å². The molecule has 0 bridgehead atoms. The topological polar surface area (TPSA) is 44.4 Å². The van der Waals surface area contributed by atoms with E-state index in [1.165, 1.54) is 0 Å². The Balaban J connectivity index is 0.00000112. The molecule has 0 saturated carbocycles. The van der Waals surface area contributed by atoms with Gasteiger partial charge in [0.15, 0.2) is 0 Å². The average Bonchev–Trinajstić information content (AvgIpc) is 1.98. The molecule has 88 valence electrons. The minimum Gasteiger partial charge on any atom is -0.339 e. The van der Waals surface area contributed by atoms with E-state index in [1.807, 2.05) is 4.90 Å². The third-order valence-electron chi connectivity index (χ3n) is 3.00. The fraction of sp³-hybridized carbons (Fsp3) is 0.900. The van der Waals surface area contributed by atoms with Crippen LogP contribution >= 0.6 is 12.4 Å². The molecule has 5 heteroatoms. The molecule has 2 aliphatic rings. The van der Waals surface area contributed by atoms with E-state index in [-0.39, 0.29) is 18.3 Å². The van der Waals surface area contributed by atoms with Crippen LogP contribution in [0.15, 0.2) is 0 Å². The molecule has 0 aliphatic carbocycles. The number of halogens is 1. The Kier molecular flexibility index (Phi) is 4.37. The maximum Gasteiger partial charge on any atom is 0.228 e. The van der Waals surface area contributed by atoms with Crippen LogP contribution < -0.4 is 10.6 Å². The Morgan fingerprint density at radius 1 is 1.20 bits per heavy atom. The first kappa shape index (κ1) is 12.7. The Hall–Kier alpha value is -0.320. The van der Waals surface area contributed by atoms with Crippen LogP contribution in [0.3, 0.4) is 0 Å². The lowest BCUT2D eigenvalue weighted by molar-refractivity contribution is -0.138. The van der Waals surface area contributed by atoms with E-state index in [2.05, 4.69) is 24.5 Å². The maximum atomic E-state index is 11.9. The summed E-state index contributed by atoms with van der Waals surface area (Å²) < 4.78 is 0. The highest BCUT2D eigenvalue weighted by Gasteiger charge is 2.32. The number of hydrogen-bond acceptors (Lipinski definition) is 3. The minimum absolute atomic E-state index is 0. The third-order valence-corrected chi connectivity index (χ3v) is 3.00. The van der Waals surface area contributed by atoms with Crippen LogP contribution in [0, 0.1) is 5.92 Å². The molecule has 0 aromatic carbocycles. The molecule has 4 nitrogen and oxygen atoms in total. The molecular formula is C10H20ClN3O. The quantitative estimate of drug-likeness (QED) is 0.662. The van der Waals surface area contributed by atoms with Crippen LogP contribution in [-0.4, -0.2) is 49.1 Å². The third kappa shape index (κ3) is 2.83. The molecule has 2 rings (SSSR count). The SMILES string of the molecule is CC1CN(C(=O)C2CNC2)CC(C)N1.Cl. The molecule has 2 atom stereocenters. The molecular weight excluding hydrogens is 214 g/mol. The number of hydrogen-bond donors (Lipinski definition) is 2. The van der Waals surface area contributed by atoms with Crippen LogP contribution in [0.1, 0.15) is 13.8 Å². The molecule has 0 radical (unpaired) electrons. The van der Waals surface area contributed by atoms with E-state index >= 15 is 0 Å². The predicted octanol–water partition coefficient (Wildman–Crippen LogP) is -0.164. The summed E-state index contributed by atoms with van der Waals surface area (Å²) in [5, 5.41) is 6.57. The van der Waals surface area contributed by atoms with Crippen molar-refractivity contribution in [2.24, 2.45) is 5.92 Å². The Bertz CT molecular complexity index is 223. The molecule has 2 saturated heterocycles. The van der Waals surface area contributed by atoms with Crippen LogP contribution in [0.4, 0.5) is 0 Å². The predicted molar refractivity (Wildman–Crippen MR) is 62.2 cm³/mol. The van der Waals surface area contributed by atoms with E-state index < -0.39 is 0 Å². The molecule has 0 aromatic rings. The molecule has 2 heterocycles. The summed E-state index contributed by atoms with van der Waals surface area (Å²) in [6.07, 6.45) is 0. The van der Waals surface area contributed by atoms with Crippen molar-refractivity contribution in [3.63, 3.8) is 0 Å². The maximum absolute atomic E-state index is 11.9. The first-order valence-electron chi connectivity index (χ1n) is 5.42. The van der Waals surface area contributed by atoms with Gasteiger partial charge in [0.1, 0.15) is 0 Å². The fourth-order valence-electron chi connectivity index (χ4n) is 2.23. The second-order valence-corrected chi connectivity index (χ2v) is 4.57. The van der Waals surface area contributed by atoms with Gasteiger partial charge in [0.25, 0.3) is 0 Å². The van der Waals surface area contributed by atoms with Crippen molar-refractivity contribution in [3.05, 3.63) is 0 Å². The Labute approximate surface area is 97.2 Å². The van der Waals surface area contributed by atoms with E-state index in [9.17, 15) is 4.79 Å². The van der Waals surface area contributed by atoms with Crippen molar-refractivity contribution >= 4 is 18.3 Å². The van der Waals surface area contributed by atoms with E-state index in [1.54, 1.807) is 0 Å². The smallest absolute Gasteiger partial charge is 0.228 e. The zero-order valence-corrected chi connectivity index (χ0v) is 10.1. The first-order valence-corrected chi connectivity index (χ1v) is 5.42. The summed E-state index contributed by atoms with van der Waals surface area (Å²) in [6.45, 7) is 7.72. The van der Waals surface area contributed by atoms with E-state index in [4.69, 9.17) is 0 Å². The highest BCUT2D eigenvalue weighted by molar-refractivity contribution is 5.85. The molecule has 0 aromatic heterocycles. The molecule has 2 unspecified atom stereocenters. The Morgan fingerprint density at radius 2 is 1.73 bits per heavy atom. The van der Waals surface area contributed by atoms with Crippen molar-refractivity contribution in [1.29, 1.82) is 0 Å². The highest BCUT2D eigenvalue weighted by atomic mass is 35.5. The van der Waals surface area contributed by atoms with Gasteiger partial charge in [-0.3, -0.25) is 4.79 Å². The van der Waals surface area contributed by atoms with Crippen LogP contribution in [0.2, 0.25) is 0 Å². The molecule has 15 heavy (non-hydrogen) atoms. The zero-order chi connectivity index (χ0) is 10.1. The lowest BCUT2D eigenvalue weighted by Crippen LogP contribution is -2.60. The summed E-state index contributed by atoms with van der Waals surface area (Å²) in [6, 6.07) is 0.853. The summed E-state index contributed by atoms with van der Waals surface area (Å²) in [5.41, 5.74) is 0. The van der Waals surface area contributed by atoms with Crippen LogP contribution in [0.5, 0.6) is 0 Å². The largest absolute Gasteiger partial charge is 0.339 e. The van der Waals surface area contributed by atoms with E-state index in [0.29, 0.717) is 18.0 Å². The van der Waals surface area contributed by atoms with Crippen LogP contribution in [-0.2, 0) is 4.79 Å². The monoisotopic (exact) mass is 233 g/mol. The number of nitrogens with one attached hydrogen (secondary N) is 2. The molecule has 2 aliphatic heterocycles. The van der Waals surface area contributed by atoms with E-state index in [0.717, 1.165) is 26.2 Å². The molecule has 2 fully saturated rings. The molecule has 0 spiro atoms. The summed E-state index contributed by atoms with van der Waals surface area (Å²) in [7, 11) is 0. The number of carbonyl (C=O) groups is 1. The molecule has 2 N–H and O–H groups in total. The van der Waals surface area contributed by atoms with Gasteiger partial charge in [-0.15, -0.1) is 12.4 Å². The first-order chi connectivity index (χ1) is 6.66. The zero-order valence-electron chi connectivity index (χ0n) is 9.32. The van der Waals surface area contributed by atoms with Gasteiger partial charge in [-0.25, -0.2) is 0 Å². The second kappa shape index (κ2) is 5.14. The van der Waals surface area contributed by atoms with Gasteiger partial charge in [-0.2, -0.15) is 0 Å². The number of piperazine rings is 1. The average molecular weight is 234 g/mol. The summed E-state index contributed by atoms with van der Waals surface area (Å²) in [5.74, 6) is 0.580. The second-order valence-electron chi connectivity index (χ2n) is 4.57. The van der Waals surface area contributed by atoms with Crippen molar-refractivity contribution in [2.45, 2.75) is 25.9 Å². The number of carbonyl (C=O) groups excluding carboxylic acids is 1. The van der Waals surface area contributed by atoms with Crippen molar-refractivity contribution in [3.8, 4) is 0 Å². The van der Waals surface area contributed by atoms with Crippen molar-refractivity contribution < 1.29 is 4.79 Å². The standard InChI is InChI=1S/C10H19N3O.ClH/c1-7-5-13(6-8(2)12-7)10(14)9-3-11-4-9;/h7-9,11-12H,3-6H2,1-2H3;1H. The van der Waals surface area contributed by atoms with Crippen LogP contribution in [0.25, 0.3) is 0 Å². The number of rotatable bonds is 1. The van der Waals surface area contributed by atoms with Gasteiger partial charge in [0, 0.05) is 38.3 Å². The van der Waals surface area contributed by atoms with Gasteiger partial charge in [-0.1, -0.05) is 0 Å². The number of nitrogens with zero attached hydrogens (tertiary/aromatic N) is 1. The van der Waals surface area contributed by atoms with Crippen molar-refractivity contribution in [2.75, 3.05) is 26.2 Å². The van der Waals surface area contributed by atoms with Gasteiger partial charge in [0.05, 0.1) is 5.92 Å². The highest BCUT2D eigenvalue weighted by Crippen LogP contribution is 2.12. The number of amides is 1. The fourth-order valence-corrected chi connectivity index (χ4v) is 2.23. The minimum atomic E-state index is 0. The normalized spacial score (nSPS) is 31.7. The summed E-state index contributed by atoms with van der Waals surface area (Å²) in [4.78, 5) is 13.9. The Morgan fingerprint density at radius 3 is 2.13 bits per heavy atom. The van der Waals surface area contributed by atoms with Gasteiger partial charge >= 0.3 is 0 Å². The molecule has 1 amide bonds. The summed E-state index contributed by atoms with van der Waals surface area (Å²) >= 11 is 0. The lowest BCUT2D eigenvalue weighted by Gasteiger charge is -2.39. The van der Waals surface area contributed by atoms with Gasteiger partial charge in [0.2, 0.25) is 5.91 Å².